The molecule has 2 N–H and O–H groups in total. The number of nitrogens with zero attached hydrogens (tertiary/aromatic N) is 1. The number of halogens is 1. The van der Waals surface area contributed by atoms with E-state index in [0.29, 0.717) is 11.5 Å². The van der Waals surface area contributed by atoms with Crippen LogP contribution >= 0.6 is 24.0 Å². The topological polar surface area (TPSA) is 64.1 Å². The molecule has 2 rings (SSSR count). The third-order valence-electron chi connectivity index (χ3n) is 5.02. The van der Waals surface area contributed by atoms with Gasteiger partial charge in [0.25, 0.3) is 0 Å². The van der Waals surface area contributed by atoms with Crippen molar-refractivity contribution < 1.29 is 14.2 Å². The highest BCUT2D eigenvalue weighted by Gasteiger charge is 2.36. The first kappa shape index (κ1) is 22.9. The summed E-state index contributed by atoms with van der Waals surface area (Å²) in [7, 11) is 1.78. The highest BCUT2D eigenvalue weighted by Crippen LogP contribution is 2.44. The van der Waals surface area contributed by atoms with Gasteiger partial charge >= 0.3 is 0 Å². The first-order chi connectivity index (χ1) is 11.8. The van der Waals surface area contributed by atoms with Gasteiger partial charge in [-0.15, -0.1) is 24.0 Å². The summed E-state index contributed by atoms with van der Waals surface area (Å²) in [5, 5.41) is 6.76. The van der Waals surface area contributed by atoms with Gasteiger partial charge in [-0.25, -0.2) is 0 Å². The lowest BCUT2D eigenvalue weighted by atomic mass is 9.67. The molecule has 1 unspecified atom stereocenters. The SMILES string of the molecule is CCNC(=NCC1(CCOC)CCC1)NCCCOC1CCOC1.I. The maximum Gasteiger partial charge on any atom is 0.191 e. The smallest absolute Gasteiger partial charge is 0.191 e. The molecule has 1 aliphatic carbocycles. The molecular weight excluding hydrogens is 433 g/mol. The molecule has 0 aromatic heterocycles. The lowest BCUT2D eigenvalue weighted by Gasteiger charge is -2.40. The van der Waals surface area contributed by atoms with Crippen molar-refractivity contribution in [2.24, 2.45) is 10.4 Å². The van der Waals surface area contributed by atoms with Gasteiger partial charge in [0.15, 0.2) is 5.96 Å². The van der Waals surface area contributed by atoms with Crippen LogP contribution in [0.2, 0.25) is 0 Å². The van der Waals surface area contributed by atoms with Crippen molar-refractivity contribution in [1.82, 2.24) is 10.6 Å². The summed E-state index contributed by atoms with van der Waals surface area (Å²) in [6.07, 6.45) is 7.30. The Labute approximate surface area is 169 Å². The van der Waals surface area contributed by atoms with E-state index in [1.54, 1.807) is 7.11 Å². The molecule has 1 saturated carbocycles. The standard InChI is InChI=1S/C18H35N3O3.HI/c1-3-19-17(20-10-5-11-24-16-6-12-23-14-16)21-15-18(7-4-8-18)9-13-22-2;/h16H,3-15H2,1-2H3,(H2,19,20,21);1H. The second kappa shape index (κ2) is 13.1. The van der Waals surface area contributed by atoms with Gasteiger partial charge in [0.1, 0.15) is 0 Å². The minimum atomic E-state index is 0. The lowest BCUT2D eigenvalue weighted by Crippen LogP contribution is -2.40. The third-order valence-corrected chi connectivity index (χ3v) is 5.02. The van der Waals surface area contributed by atoms with Crippen molar-refractivity contribution in [3.05, 3.63) is 0 Å². The Morgan fingerprint density at radius 1 is 1.28 bits per heavy atom. The predicted molar refractivity (Wildman–Crippen MR) is 112 cm³/mol. The number of hydrogen-bond donors (Lipinski definition) is 2. The summed E-state index contributed by atoms with van der Waals surface area (Å²) in [6, 6.07) is 0. The van der Waals surface area contributed by atoms with E-state index in [9.17, 15) is 0 Å². The van der Waals surface area contributed by atoms with Crippen LogP contribution in [0.4, 0.5) is 0 Å². The molecule has 148 valence electrons. The summed E-state index contributed by atoms with van der Waals surface area (Å²) in [4.78, 5) is 4.81. The summed E-state index contributed by atoms with van der Waals surface area (Å²) in [6.45, 7) is 7.95. The van der Waals surface area contributed by atoms with Crippen LogP contribution in [0.25, 0.3) is 0 Å². The van der Waals surface area contributed by atoms with Gasteiger partial charge in [0, 0.05) is 46.6 Å². The second-order valence-corrected chi connectivity index (χ2v) is 6.93. The van der Waals surface area contributed by atoms with Crippen molar-refractivity contribution in [1.29, 1.82) is 0 Å². The molecule has 1 saturated heterocycles. The minimum absolute atomic E-state index is 0. The second-order valence-electron chi connectivity index (χ2n) is 6.93. The quantitative estimate of drug-likeness (QED) is 0.211. The van der Waals surface area contributed by atoms with Crippen LogP contribution in [0.15, 0.2) is 4.99 Å². The molecule has 0 spiro atoms. The van der Waals surface area contributed by atoms with Gasteiger partial charge in [-0.05, 0) is 44.4 Å². The van der Waals surface area contributed by atoms with Crippen molar-refractivity contribution in [2.75, 3.05) is 53.2 Å². The van der Waals surface area contributed by atoms with E-state index < -0.39 is 0 Å². The first-order valence-corrected chi connectivity index (χ1v) is 9.48. The van der Waals surface area contributed by atoms with E-state index >= 15 is 0 Å². The van der Waals surface area contributed by atoms with Gasteiger partial charge in [-0.2, -0.15) is 0 Å². The zero-order chi connectivity index (χ0) is 17.1. The molecule has 25 heavy (non-hydrogen) atoms. The third kappa shape index (κ3) is 8.41. The summed E-state index contributed by atoms with van der Waals surface area (Å²) in [5.41, 5.74) is 0.365. The van der Waals surface area contributed by atoms with Crippen LogP contribution in [-0.4, -0.2) is 65.2 Å². The number of guanidine groups is 1. The van der Waals surface area contributed by atoms with E-state index in [1.165, 1.54) is 19.3 Å². The van der Waals surface area contributed by atoms with E-state index in [2.05, 4.69) is 17.6 Å². The van der Waals surface area contributed by atoms with Crippen LogP contribution in [0.5, 0.6) is 0 Å². The Kier molecular flexibility index (Phi) is 12.0. The molecule has 0 radical (unpaired) electrons. The van der Waals surface area contributed by atoms with Crippen molar-refractivity contribution >= 4 is 29.9 Å². The van der Waals surface area contributed by atoms with Crippen LogP contribution in [0.1, 0.15) is 45.4 Å². The zero-order valence-electron chi connectivity index (χ0n) is 15.8. The van der Waals surface area contributed by atoms with E-state index in [0.717, 1.165) is 71.3 Å². The highest BCUT2D eigenvalue weighted by atomic mass is 127. The Bertz CT molecular complexity index is 373. The highest BCUT2D eigenvalue weighted by molar-refractivity contribution is 14.0. The first-order valence-electron chi connectivity index (χ1n) is 9.48. The molecule has 1 aliphatic heterocycles. The number of nitrogens with one attached hydrogen (secondary N) is 2. The molecule has 2 aliphatic rings. The molecule has 0 bridgehead atoms. The van der Waals surface area contributed by atoms with Crippen LogP contribution < -0.4 is 10.6 Å². The molecule has 2 fully saturated rings. The van der Waals surface area contributed by atoms with Gasteiger partial charge in [-0.3, -0.25) is 4.99 Å². The van der Waals surface area contributed by atoms with Crippen LogP contribution in [-0.2, 0) is 14.2 Å². The predicted octanol–water partition coefficient (Wildman–Crippen LogP) is 2.56. The fraction of sp³-hybridized carbons (Fsp3) is 0.944. The van der Waals surface area contributed by atoms with Gasteiger partial charge in [0.2, 0.25) is 0 Å². The van der Waals surface area contributed by atoms with Crippen molar-refractivity contribution in [3.63, 3.8) is 0 Å². The van der Waals surface area contributed by atoms with E-state index in [-0.39, 0.29) is 24.0 Å². The Morgan fingerprint density at radius 2 is 2.12 bits per heavy atom. The average Bonchev–Trinajstić information content (AvgIpc) is 3.06. The largest absolute Gasteiger partial charge is 0.385 e. The normalized spacial score (nSPS) is 22.2. The van der Waals surface area contributed by atoms with Gasteiger partial charge in [-0.1, -0.05) is 6.42 Å². The zero-order valence-corrected chi connectivity index (χ0v) is 18.2. The molecule has 6 nitrogen and oxygen atoms in total. The number of hydrogen-bond acceptors (Lipinski definition) is 4. The number of methoxy groups -OCH3 is 1. The van der Waals surface area contributed by atoms with Crippen molar-refractivity contribution in [2.45, 2.75) is 51.6 Å². The van der Waals surface area contributed by atoms with Crippen LogP contribution in [0, 0.1) is 5.41 Å². The van der Waals surface area contributed by atoms with Gasteiger partial charge in [0.05, 0.1) is 12.7 Å². The number of rotatable bonds is 11. The van der Waals surface area contributed by atoms with E-state index in [4.69, 9.17) is 19.2 Å². The number of aliphatic imine (C=N–C) groups is 1. The molecule has 1 atom stereocenters. The molecule has 7 heteroatoms. The summed E-state index contributed by atoms with van der Waals surface area (Å²) < 4.78 is 16.4. The Balaban J connectivity index is 0.00000312. The average molecular weight is 469 g/mol. The van der Waals surface area contributed by atoms with Crippen LogP contribution in [0.3, 0.4) is 0 Å². The maximum atomic E-state index is 5.79. The van der Waals surface area contributed by atoms with Gasteiger partial charge < -0.3 is 24.8 Å². The maximum absolute atomic E-state index is 5.79. The lowest BCUT2D eigenvalue weighted by molar-refractivity contribution is 0.0419. The minimum Gasteiger partial charge on any atom is -0.385 e. The Morgan fingerprint density at radius 3 is 2.72 bits per heavy atom. The summed E-state index contributed by atoms with van der Waals surface area (Å²) >= 11 is 0. The number of ether oxygens (including phenoxy) is 3. The van der Waals surface area contributed by atoms with Crippen molar-refractivity contribution in [3.8, 4) is 0 Å². The molecule has 0 amide bonds. The summed E-state index contributed by atoms with van der Waals surface area (Å²) in [5.74, 6) is 0.922. The molecule has 0 aromatic carbocycles. The Hall–Kier alpha value is -0.120. The molecular formula is C18H36IN3O3. The molecule has 0 aromatic rings. The monoisotopic (exact) mass is 469 g/mol. The fourth-order valence-electron chi connectivity index (χ4n) is 3.24. The fourth-order valence-corrected chi connectivity index (χ4v) is 3.24. The molecule has 1 heterocycles. The van der Waals surface area contributed by atoms with E-state index in [1.807, 2.05) is 0 Å².